The molecular weight excluding hydrogens is 456 g/mol. The van der Waals surface area contributed by atoms with Crippen molar-refractivity contribution in [3.05, 3.63) is 0 Å². The average molecular weight is 521 g/mol. The fraction of sp³-hybridized carbons (Fsp3) is 1.00. The zero-order valence-corrected chi connectivity index (χ0v) is 25.4. The molecule has 0 unspecified atom stereocenters. The first-order chi connectivity index (χ1) is 16.5. The third-order valence-corrected chi connectivity index (χ3v) is 8.36. The molecule has 35 heavy (non-hydrogen) atoms. The van der Waals surface area contributed by atoms with Crippen molar-refractivity contribution >= 4 is 10.1 Å². The van der Waals surface area contributed by atoms with E-state index in [-0.39, 0.29) is 5.75 Å². The Hall–Kier alpha value is -0.170. The van der Waals surface area contributed by atoms with Gasteiger partial charge in [-0.1, -0.05) is 84.0 Å². The first kappa shape index (κ1) is 34.8. The Balaban J connectivity index is 3.54. The second kappa shape index (κ2) is 20.8. The van der Waals surface area contributed by atoms with Crippen LogP contribution >= 0.6 is 0 Å². The molecule has 0 amide bonds. The average Bonchev–Trinajstić information content (AvgIpc) is 2.75. The topological polar surface area (TPSA) is 54.4 Å². The van der Waals surface area contributed by atoms with E-state index in [1.165, 1.54) is 129 Å². The second-order valence-electron chi connectivity index (χ2n) is 12.4. The van der Waals surface area contributed by atoms with Crippen LogP contribution in [0, 0.1) is 0 Å². The van der Waals surface area contributed by atoms with Crippen molar-refractivity contribution < 1.29 is 21.9 Å². The van der Waals surface area contributed by atoms with E-state index in [2.05, 4.69) is 35.1 Å². The molecule has 0 aromatic rings. The Morgan fingerprint density at radius 3 is 1.00 bits per heavy atom. The monoisotopic (exact) mass is 520 g/mol. The molecule has 0 rings (SSSR count). The fourth-order valence-electron chi connectivity index (χ4n) is 5.07. The summed E-state index contributed by atoms with van der Waals surface area (Å²) in [4.78, 5) is 0. The first-order valence-corrected chi connectivity index (χ1v) is 16.7. The van der Waals surface area contributed by atoms with Crippen LogP contribution in [0.2, 0.25) is 0 Å². The summed E-state index contributed by atoms with van der Waals surface area (Å²) >= 11 is 0. The van der Waals surface area contributed by atoms with Gasteiger partial charge in [0.25, 0.3) is 10.1 Å². The lowest BCUT2D eigenvalue weighted by Crippen LogP contribution is -2.42. The lowest BCUT2D eigenvalue weighted by atomic mass is 10.0. The number of rotatable bonds is 26. The molecular formula is C29H64N2O3S+2. The van der Waals surface area contributed by atoms with Crippen LogP contribution in [0.25, 0.3) is 0 Å². The van der Waals surface area contributed by atoms with E-state index in [0.717, 1.165) is 22.1 Å². The summed E-state index contributed by atoms with van der Waals surface area (Å²) in [5.41, 5.74) is 0. The van der Waals surface area contributed by atoms with E-state index in [4.69, 9.17) is 4.55 Å². The van der Waals surface area contributed by atoms with Crippen LogP contribution in [-0.2, 0) is 10.1 Å². The Labute approximate surface area is 221 Å². The van der Waals surface area contributed by atoms with Crippen LogP contribution in [0.5, 0.6) is 0 Å². The van der Waals surface area contributed by atoms with Crippen molar-refractivity contribution in [2.24, 2.45) is 0 Å². The molecule has 212 valence electrons. The summed E-state index contributed by atoms with van der Waals surface area (Å²) in [6, 6.07) is 0. The van der Waals surface area contributed by atoms with Crippen LogP contribution in [0.15, 0.2) is 0 Å². The lowest BCUT2D eigenvalue weighted by Gasteiger charge is -2.30. The molecule has 0 bridgehead atoms. The van der Waals surface area contributed by atoms with Gasteiger partial charge in [-0.05, 0) is 38.5 Å². The van der Waals surface area contributed by atoms with Crippen LogP contribution in [-0.4, -0.2) is 82.1 Å². The van der Waals surface area contributed by atoms with Gasteiger partial charge in [0.15, 0.2) is 0 Å². The molecule has 0 spiro atoms. The van der Waals surface area contributed by atoms with Gasteiger partial charge in [0, 0.05) is 6.42 Å². The molecule has 0 aromatic heterocycles. The maximum atomic E-state index is 10.9. The fourth-order valence-corrected chi connectivity index (χ4v) is 5.56. The molecule has 5 nitrogen and oxygen atoms in total. The predicted molar refractivity (Wildman–Crippen MR) is 153 cm³/mol. The van der Waals surface area contributed by atoms with E-state index >= 15 is 0 Å². The summed E-state index contributed by atoms with van der Waals surface area (Å²) in [5, 5.41) is 0. The van der Waals surface area contributed by atoms with Gasteiger partial charge in [-0.3, -0.25) is 4.55 Å². The van der Waals surface area contributed by atoms with E-state index in [0.29, 0.717) is 6.42 Å². The van der Waals surface area contributed by atoms with Crippen LogP contribution in [0.3, 0.4) is 0 Å². The quantitative estimate of drug-likeness (QED) is 0.0731. The Kier molecular flexibility index (Phi) is 20.7. The summed E-state index contributed by atoms with van der Waals surface area (Å²) in [6.07, 6.45) is 25.5. The lowest BCUT2D eigenvalue weighted by molar-refractivity contribution is -0.891. The second-order valence-corrected chi connectivity index (χ2v) is 14.0. The van der Waals surface area contributed by atoms with Crippen LogP contribution < -0.4 is 0 Å². The number of hydrogen-bond donors (Lipinski definition) is 1. The minimum atomic E-state index is -3.83. The predicted octanol–water partition coefficient (Wildman–Crippen LogP) is 7.46. The molecule has 0 heterocycles. The molecule has 1 N–H and O–H groups in total. The Morgan fingerprint density at radius 1 is 0.457 bits per heavy atom. The zero-order chi connectivity index (χ0) is 26.5. The van der Waals surface area contributed by atoms with Crippen molar-refractivity contribution in [3.8, 4) is 0 Å². The van der Waals surface area contributed by atoms with Crippen LogP contribution in [0.1, 0.15) is 129 Å². The molecule has 0 saturated heterocycles. The van der Waals surface area contributed by atoms with Crippen molar-refractivity contribution in [2.75, 3.05) is 60.1 Å². The highest BCUT2D eigenvalue weighted by Crippen LogP contribution is 2.14. The van der Waals surface area contributed by atoms with E-state index < -0.39 is 10.1 Å². The molecule has 0 aliphatic carbocycles. The minimum absolute atomic E-state index is 0.124. The number of hydrogen-bond acceptors (Lipinski definition) is 2. The summed E-state index contributed by atoms with van der Waals surface area (Å²) in [6.45, 7) is 6.73. The molecule has 0 aliphatic rings. The van der Waals surface area contributed by atoms with E-state index in [9.17, 15) is 8.42 Å². The van der Waals surface area contributed by atoms with Crippen molar-refractivity contribution in [3.63, 3.8) is 0 Å². The van der Waals surface area contributed by atoms with Crippen molar-refractivity contribution in [1.82, 2.24) is 0 Å². The number of quaternary nitrogens is 2. The summed E-state index contributed by atoms with van der Waals surface area (Å²) in [7, 11) is 5.25. The SMILES string of the molecule is CCCCCCCCCCCCCCCC[N+](C)(C)CCCCCC[N+](C)(C)CCCS(=O)(=O)O. The number of nitrogens with zero attached hydrogens (tertiary/aromatic N) is 2. The van der Waals surface area contributed by atoms with Crippen LogP contribution in [0.4, 0.5) is 0 Å². The third kappa shape index (κ3) is 26.7. The van der Waals surface area contributed by atoms with Gasteiger partial charge in [0.2, 0.25) is 0 Å². The summed E-state index contributed by atoms with van der Waals surface area (Å²) < 4.78 is 32.6. The van der Waals surface area contributed by atoms with Gasteiger partial charge in [-0.2, -0.15) is 8.42 Å². The normalized spacial score (nSPS) is 13.0. The zero-order valence-electron chi connectivity index (χ0n) is 24.5. The van der Waals surface area contributed by atoms with E-state index in [1.807, 2.05) is 0 Å². The highest BCUT2D eigenvalue weighted by molar-refractivity contribution is 7.85. The Morgan fingerprint density at radius 2 is 0.714 bits per heavy atom. The standard InChI is InChI=1S/C29H63N2O3S/c1-6-7-8-9-10-11-12-13-14-15-16-17-18-21-25-30(2,3)26-22-19-20-23-27-31(4,5)28-24-29-35(32,33)34/h6-29H2,1-5H3/q+1/p+1. The van der Waals surface area contributed by atoms with Gasteiger partial charge in [-0.15, -0.1) is 0 Å². The minimum Gasteiger partial charge on any atom is -0.328 e. The molecule has 0 aromatic carbocycles. The van der Waals surface area contributed by atoms with Gasteiger partial charge < -0.3 is 8.97 Å². The Bertz CT molecular complexity index is 576. The van der Waals surface area contributed by atoms with Crippen molar-refractivity contribution in [1.29, 1.82) is 0 Å². The molecule has 0 radical (unpaired) electrons. The molecule has 0 atom stereocenters. The third-order valence-electron chi connectivity index (χ3n) is 7.56. The molecule has 0 aliphatic heterocycles. The van der Waals surface area contributed by atoms with Gasteiger partial charge in [0.05, 0.1) is 60.1 Å². The first-order valence-electron chi connectivity index (χ1n) is 15.1. The van der Waals surface area contributed by atoms with Crippen molar-refractivity contribution in [2.45, 2.75) is 129 Å². The smallest absolute Gasteiger partial charge is 0.265 e. The largest absolute Gasteiger partial charge is 0.328 e. The van der Waals surface area contributed by atoms with E-state index in [1.54, 1.807) is 0 Å². The van der Waals surface area contributed by atoms with Gasteiger partial charge in [0.1, 0.15) is 0 Å². The van der Waals surface area contributed by atoms with Gasteiger partial charge >= 0.3 is 0 Å². The molecule has 0 saturated carbocycles. The highest BCUT2D eigenvalue weighted by Gasteiger charge is 2.17. The maximum absolute atomic E-state index is 10.9. The number of unbranched alkanes of at least 4 members (excludes halogenated alkanes) is 16. The van der Waals surface area contributed by atoms with Gasteiger partial charge in [-0.25, -0.2) is 0 Å². The maximum Gasteiger partial charge on any atom is 0.265 e. The summed E-state index contributed by atoms with van der Waals surface area (Å²) in [5.74, 6) is -0.124. The highest BCUT2D eigenvalue weighted by atomic mass is 32.2. The molecule has 0 fully saturated rings. The molecule has 6 heteroatoms.